The number of para-hydroxylation sites is 1. The standard InChI is InChI=1S/C17H26N2.2C6H3N3O7/c1-13(2)16-12-17(19-10-6-7-11-19)14-8-4-5-9-15(14)18(16)3;2*10-6-4(8(13)14)1-3(7(11)12)2-5(6)9(15)16/h4-5,8-9,13,16-17H,6-7,10-12H2,1-3H3;2*1-2,10H. The van der Waals surface area contributed by atoms with Gasteiger partial charge >= 0.3 is 0 Å². The average molecular weight is 717 g/mol. The van der Waals surface area contributed by atoms with Crippen molar-refractivity contribution in [2.75, 3.05) is 20.1 Å². The molecular formula is C29H32N8O14. The third kappa shape index (κ3) is 8.98. The summed E-state index contributed by atoms with van der Waals surface area (Å²) in [7, 11) is 2.36. The zero-order valence-corrected chi connectivity index (χ0v) is 27.3. The number of hydrogen-bond donors (Lipinski definition) is 2. The summed E-state index contributed by atoms with van der Waals surface area (Å²) in [6.45, 7) is 7.53. The number of likely N-dealkylation sites (tertiary alicyclic amines) is 1. The van der Waals surface area contributed by atoms with Crippen LogP contribution in [0.5, 0.6) is 11.5 Å². The predicted molar refractivity (Wildman–Crippen MR) is 171 cm³/mol. The number of rotatable bonds is 8. The molecule has 0 amide bonds. The largest absolute Gasteiger partial charge is 0.863 e. The lowest BCUT2D eigenvalue weighted by Crippen LogP contribution is -3.15. The molecule has 3 atom stereocenters. The van der Waals surface area contributed by atoms with E-state index in [1.807, 2.05) is 4.90 Å². The maximum atomic E-state index is 11.1. The van der Waals surface area contributed by atoms with Crippen molar-refractivity contribution in [1.29, 1.82) is 0 Å². The quantitative estimate of drug-likeness (QED) is 0.249. The lowest BCUT2D eigenvalue weighted by Gasteiger charge is -2.39. The van der Waals surface area contributed by atoms with Crippen LogP contribution in [0.1, 0.15) is 44.7 Å². The molecule has 3 aromatic rings. The summed E-state index contributed by atoms with van der Waals surface area (Å²) in [5.74, 6) is -2.15. The van der Waals surface area contributed by atoms with Gasteiger partial charge < -0.3 is 20.0 Å². The Morgan fingerprint density at radius 2 is 1.00 bits per heavy atom. The molecule has 1 fully saturated rings. The van der Waals surface area contributed by atoms with Gasteiger partial charge in [-0.15, -0.1) is 0 Å². The van der Waals surface area contributed by atoms with Gasteiger partial charge in [0, 0.05) is 18.8 Å². The Bertz CT molecular complexity index is 1700. The summed E-state index contributed by atoms with van der Waals surface area (Å²) in [6.07, 6.45) is 4.20. The summed E-state index contributed by atoms with van der Waals surface area (Å²) in [5, 5.41) is 84.2. The molecule has 0 aliphatic carbocycles. The summed E-state index contributed by atoms with van der Waals surface area (Å²) in [5.41, 5.74) is -3.36. The van der Waals surface area contributed by atoms with E-state index in [0.29, 0.717) is 24.3 Å². The number of nitro benzene ring substituents is 6. The molecule has 2 aliphatic heterocycles. The Kier molecular flexibility index (Phi) is 12.5. The summed E-state index contributed by atoms with van der Waals surface area (Å²) >= 11 is 0. The fraction of sp³-hybridized carbons (Fsp3) is 0.379. The normalized spacial score (nSPS) is 17.9. The van der Waals surface area contributed by atoms with E-state index in [9.17, 15) is 70.9 Å². The Morgan fingerprint density at radius 1 is 0.627 bits per heavy atom. The Labute approximate surface area is 287 Å². The van der Waals surface area contributed by atoms with Crippen molar-refractivity contribution in [1.82, 2.24) is 0 Å². The van der Waals surface area contributed by atoms with Gasteiger partial charge in [-0.1, -0.05) is 26.0 Å². The lowest BCUT2D eigenvalue weighted by molar-refractivity contribution is -0.934. The van der Waals surface area contributed by atoms with Gasteiger partial charge in [0.25, 0.3) is 34.1 Å². The summed E-state index contributed by atoms with van der Waals surface area (Å²) < 4.78 is 0. The van der Waals surface area contributed by atoms with Crippen molar-refractivity contribution >= 4 is 39.8 Å². The van der Waals surface area contributed by atoms with E-state index >= 15 is 0 Å². The molecule has 5 rings (SSSR count). The fourth-order valence-electron chi connectivity index (χ4n) is 6.18. The first-order chi connectivity index (χ1) is 23.9. The Morgan fingerprint density at radius 3 is 1.33 bits per heavy atom. The van der Waals surface area contributed by atoms with Crippen LogP contribution in [0.25, 0.3) is 0 Å². The minimum atomic E-state index is -1.46. The van der Waals surface area contributed by atoms with Crippen molar-refractivity contribution in [3.05, 3.63) is 115 Å². The van der Waals surface area contributed by atoms with Crippen molar-refractivity contribution in [3.63, 3.8) is 0 Å². The zero-order valence-electron chi connectivity index (χ0n) is 27.3. The molecule has 22 heteroatoms. The molecule has 51 heavy (non-hydrogen) atoms. The van der Waals surface area contributed by atoms with Gasteiger partial charge in [0.05, 0.1) is 97.4 Å². The second kappa shape index (κ2) is 16.3. The molecule has 22 nitrogen and oxygen atoms in total. The van der Waals surface area contributed by atoms with E-state index in [1.165, 1.54) is 32.4 Å². The summed E-state index contributed by atoms with van der Waals surface area (Å²) in [6, 6.07) is 12.2. The van der Waals surface area contributed by atoms with Crippen LogP contribution in [0.2, 0.25) is 0 Å². The molecule has 0 aromatic heterocycles. The van der Waals surface area contributed by atoms with Crippen molar-refractivity contribution in [2.45, 2.75) is 45.2 Å². The minimum Gasteiger partial charge on any atom is -0.863 e. The highest BCUT2D eigenvalue weighted by atomic mass is 16.7. The Hall–Kier alpha value is -6.42. The van der Waals surface area contributed by atoms with Crippen LogP contribution in [0.15, 0.2) is 48.5 Å². The molecule has 2 aliphatic rings. The van der Waals surface area contributed by atoms with E-state index in [4.69, 9.17) is 0 Å². The van der Waals surface area contributed by atoms with Crippen LogP contribution >= 0.6 is 0 Å². The van der Waals surface area contributed by atoms with E-state index in [1.54, 1.807) is 16.2 Å². The number of non-ortho nitro benzene ring substituents is 2. The van der Waals surface area contributed by atoms with Crippen LogP contribution in [0.3, 0.4) is 0 Å². The van der Waals surface area contributed by atoms with Crippen molar-refractivity contribution in [2.24, 2.45) is 5.92 Å². The maximum absolute atomic E-state index is 11.1. The molecule has 3 aromatic carbocycles. The van der Waals surface area contributed by atoms with Crippen LogP contribution in [0.4, 0.5) is 39.8 Å². The molecule has 0 bridgehead atoms. The predicted octanol–water partition coefficient (Wildman–Crippen LogP) is 1.95. The van der Waals surface area contributed by atoms with E-state index in [2.05, 4.69) is 45.2 Å². The highest BCUT2D eigenvalue weighted by Gasteiger charge is 2.41. The molecular weight excluding hydrogens is 684 g/mol. The number of fused-ring (bicyclic) bond motifs is 1. The van der Waals surface area contributed by atoms with Crippen LogP contribution in [-0.4, -0.2) is 55.7 Å². The third-order valence-electron chi connectivity index (χ3n) is 8.63. The van der Waals surface area contributed by atoms with Crippen molar-refractivity contribution in [3.8, 4) is 11.5 Å². The molecule has 2 heterocycles. The number of nitrogens with zero attached hydrogens (tertiary/aromatic N) is 6. The number of nitrogens with one attached hydrogen (secondary N) is 2. The van der Waals surface area contributed by atoms with Crippen LogP contribution < -0.4 is 20.0 Å². The number of quaternary nitrogens is 2. The second-order valence-electron chi connectivity index (χ2n) is 11.9. The lowest BCUT2D eigenvalue weighted by atomic mass is 9.85. The van der Waals surface area contributed by atoms with Gasteiger partial charge in [0.2, 0.25) is 0 Å². The molecule has 272 valence electrons. The topological polar surface area (TPSA) is 314 Å². The van der Waals surface area contributed by atoms with E-state index < -0.39 is 75.2 Å². The smallest absolute Gasteiger partial charge is 0.283 e. The van der Waals surface area contributed by atoms with E-state index in [-0.39, 0.29) is 0 Å². The fourth-order valence-corrected chi connectivity index (χ4v) is 6.18. The van der Waals surface area contributed by atoms with Crippen molar-refractivity contribution < 1.29 is 49.6 Å². The molecule has 2 N–H and O–H groups in total. The van der Waals surface area contributed by atoms with Gasteiger partial charge in [-0.05, 0) is 12.1 Å². The van der Waals surface area contributed by atoms with Crippen LogP contribution in [0, 0.1) is 66.6 Å². The second-order valence-corrected chi connectivity index (χ2v) is 11.9. The monoisotopic (exact) mass is 716 g/mol. The molecule has 0 spiro atoms. The van der Waals surface area contributed by atoms with Gasteiger partial charge in [-0.3, -0.25) is 60.7 Å². The van der Waals surface area contributed by atoms with Gasteiger partial charge in [0.15, 0.2) is 0 Å². The average Bonchev–Trinajstić information content (AvgIpc) is 3.60. The van der Waals surface area contributed by atoms with E-state index in [0.717, 1.165) is 18.0 Å². The van der Waals surface area contributed by atoms with Gasteiger partial charge in [-0.2, -0.15) is 0 Å². The van der Waals surface area contributed by atoms with Gasteiger partial charge in [-0.25, -0.2) is 0 Å². The minimum absolute atomic E-state index is 0.384. The van der Waals surface area contributed by atoms with Gasteiger partial charge in [0.1, 0.15) is 17.8 Å². The number of hydrogen-bond acceptors (Lipinski definition) is 14. The SMILES string of the molecule is CC(C)C1CC([NH+]2CCCC2)c2ccccc2[NH+]1C.O=[N+]([O-])c1cc([N+](=O)[O-])c([O-])c([N+](=O)[O-])c1.O=[N+]([O-])c1cc([N+](=O)[O-])c([O-])c([N+](=O)[O-])c1. The zero-order chi connectivity index (χ0) is 38.3. The first-order valence-corrected chi connectivity index (χ1v) is 15.2. The molecule has 3 unspecified atom stereocenters. The molecule has 0 saturated carbocycles. The third-order valence-corrected chi connectivity index (χ3v) is 8.63. The molecule has 0 radical (unpaired) electrons. The molecule has 1 saturated heterocycles. The highest BCUT2D eigenvalue weighted by molar-refractivity contribution is 5.64. The summed E-state index contributed by atoms with van der Waals surface area (Å²) in [4.78, 5) is 58.5. The number of nitro groups is 6. The highest BCUT2D eigenvalue weighted by Crippen LogP contribution is 2.38. The first kappa shape index (κ1) is 39.0. The number of benzene rings is 3. The van der Waals surface area contributed by atoms with Crippen LogP contribution in [-0.2, 0) is 0 Å². The Balaban J connectivity index is 0.000000208. The first-order valence-electron chi connectivity index (χ1n) is 15.2. The maximum Gasteiger partial charge on any atom is 0.283 e.